The lowest BCUT2D eigenvalue weighted by Crippen LogP contribution is -2.20. The molecule has 2 aromatic carbocycles. The molecule has 1 N–H and O–H groups in total. The monoisotopic (exact) mass is 275 g/mol. The Labute approximate surface area is 114 Å². The van der Waals surface area contributed by atoms with E-state index in [4.69, 9.17) is 4.74 Å². The minimum absolute atomic E-state index is 0.221. The quantitative estimate of drug-likeness (QED) is 0.856. The lowest BCUT2D eigenvalue weighted by Gasteiger charge is -2.21. The minimum atomic E-state index is -1.14. The summed E-state index contributed by atoms with van der Waals surface area (Å²) in [6.45, 7) is 1.06. The molecule has 0 spiro atoms. The van der Waals surface area contributed by atoms with Crippen molar-refractivity contribution in [1.29, 1.82) is 0 Å². The van der Waals surface area contributed by atoms with E-state index in [1.165, 1.54) is 12.1 Å². The van der Waals surface area contributed by atoms with Gasteiger partial charge in [0.25, 0.3) is 0 Å². The highest BCUT2D eigenvalue weighted by molar-refractivity contribution is 6.11. The van der Waals surface area contributed by atoms with Crippen molar-refractivity contribution in [3.8, 4) is 5.75 Å². The van der Waals surface area contributed by atoms with E-state index in [2.05, 4.69) is 5.32 Å². The van der Waals surface area contributed by atoms with Crippen LogP contribution in [0.1, 0.15) is 15.9 Å². The molecule has 0 radical (unpaired) electrons. The van der Waals surface area contributed by atoms with E-state index >= 15 is 0 Å². The van der Waals surface area contributed by atoms with Gasteiger partial charge >= 0.3 is 0 Å². The number of benzene rings is 2. The summed E-state index contributed by atoms with van der Waals surface area (Å²) in [6.07, 6.45) is 0. The minimum Gasteiger partial charge on any atom is -0.489 e. The van der Waals surface area contributed by atoms with Gasteiger partial charge in [0.05, 0.1) is 16.8 Å². The van der Waals surface area contributed by atoms with Crippen molar-refractivity contribution in [1.82, 2.24) is 0 Å². The zero-order valence-electron chi connectivity index (χ0n) is 10.5. The van der Waals surface area contributed by atoms with E-state index in [-0.39, 0.29) is 11.1 Å². The van der Waals surface area contributed by atoms with Gasteiger partial charge in [-0.05, 0) is 24.3 Å². The third kappa shape index (κ3) is 2.01. The molecule has 2 aromatic rings. The number of ketones is 1. The number of hydrogen-bond acceptors (Lipinski definition) is 3. The number of anilines is 1. The third-order valence-corrected chi connectivity index (χ3v) is 3.12. The second-order valence-electron chi connectivity index (χ2n) is 4.39. The number of carbonyl (C=O) groups is 1. The van der Waals surface area contributed by atoms with Gasteiger partial charge in [-0.2, -0.15) is 0 Å². The van der Waals surface area contributed by atoms with Crippen molar-refractivity contribution >= 4 is 11.5 Å². The largest absolute Gasteiger partial charge is 0.489 e. The summed E-state index contributed by atoms with van der Waals surface area (Å²) in [5, 5.41) is 3.09. The first-order valence-electron chi connectivity index (χ1n) is 6.17. The highest BCUT2D eigenvalue weighted by Crippen LogP contribution is 2.33. The number of carbonyl (C=O) groups excluding carboxylic acids is 1. The number of nitrogens with one attached hydrogen (secondary N) is 1. The first-order valence-corrected chi connectivity index (χ1v) is 6.17. The summed E-state index contributed by atoms with van der Waals surface area (Å²) >= 11 is 0. The highest BCUT2D eigenvalue weighted by atomic mass is 19.2. The summed E-state index contributed by atoms with van der Waals surface area (Å²) in [5.74, 6) is -2.39. The van der Waals surface area contributed by atoms with E-state index in [1.807, 2.05) is 0 Å². The summed E-state index contributed by atoms with van der Waals surface area (Å²) in [7, 11) is 0. The van der Waals surface area contributed by atoms with E-state index in [0.29, 0.717) is 24.6 Å². The Morgan fingerprint density at radius 2 is 1.85 bits per heavy atom. The van der Waals surface area contributed by atoms with Crippen LogP contribution in [-0.2, 0) is 0 Å². The maximum absolute atomic E-state index is 13.7. The van der Waals surface area contributed by atoms with Crippen LogP contribution in [0.4, 0.5) is 14.5 Å². The van der Waals surface area contributed by atoms with Gasteiger partial charge in [-0.15, -0.1) is 0 Å². The second-order valence-corrected chi connectivity index (χ2v) is 4.39. The summed E-state index contributed by atoms with van der Waals surface area (Å²) < 4.78 is 32.4. The molecule has 0 unspecified atom stereocenters. The van der Waals surface area contributed by atoms with Gasteiger partial charge in [-0.1, -0.05) is 12.1 Å². The first-order chi connectivity index (χ1) is 9.68. The number of hydrogen-bond donors (Lipinski definition) is 1. The fraction of sp³-hybridized carbons (Fsp3) is 0.133. The maximum Gasteiger partial charge on any atom is 0.199 e. The Morgan fingerprint density at radius 1 is 1.10 bits per heavy atom. The molecule has 0 saturated heterocycles. The van der Waals surface area contributed by atoms with Crippen molar-refractivity contribution < 1.29 is 18.3 Å². The van der Waals surface area contributed by atoms with Crippen LogP contribution in [0.15, 0.2) is 36.4 Å². The Bertz CT molecular complexity index is 686. The molecule has 0 aliphatic carbocycles. The smallest absolute Gasteiger partial charge is 0.199 e. The zero-order chi connectivity index (χ0) is 14.1. The molecular weight excluding hydrogens is 264 g/mol. The average molecular weight is 275 g/mol. The maximum atomic E-state index is 13.7. The second kappa shape index (κ2) is 4.92. The van der Waals surface area contributed by atoms with Crippen molar-refractivity contribution in [2.75, 3.05) is 18.5 Å². The standard InChI is InChI=1S/C15H11F2NO2/c16-11-5-1-3-9(13(11)17)14(19)10-4-2-6-12-15(10)20-8-7-18-12/h1-6,18H,7-8H2. The normalized spacial score (nSPS) is 13.1. The van der Waals surface area contributed by atoms with E-state index in [1.54, 1.807) is 18.2 Å². The fourth-order valence-electron chi connectivity index (χ4n) is 2.17. The number of ether oxygens (including phenoxy) is 1. The highest BCUT2D eigenvalue weighted by Gasteiger charge is 2.23. The molecule has 1 aliphatic heterocycles. The van der Waals surface area contributed by atoms with E-state index < -0.39 is 17.4 Å². The van der Waals surface area contributed by atoms with Crippen LogP contribution >= 0.6 is 0 Å². The van der Waals surface area contributed by atoms with Gasteiger partial charge in [0.15, 0.2) is 23.2 Å². The Kier molecular flexibility index (Phi) is 3.10. The molecule has 20 heavy (non-hydrogen) atoms. The molecule has 5 heteroatoms. The zero-order valence-corrected chi connectivity index (χ0v) is 10.5. The van der Waals surface area contributed by atoms with Gasteiger partial charge in [0.1, 0.15) is 6.61 Å². The van der Waals surface area contributed by atoms with Crippen LogP contribution in [0, 0.1) is 11.6 Å². The van der Waals surface area contributed by atoms with Gasteiger partial charge < -0.3 is 10.1 Å². The molecule has 0 aromatic heterocycles. The SMILES string of the molecule is O=C(c1cccc(F)c1F)c1cccc2c1OCCN2. The van der Waals surface area contributed by atoms with Crippen LogP contribution in [0.3, 0.4) is 0 Å². The van der Waals surface area contributed by atoms with Crippen molar-refractivity contribution in [2.24, 2.45) is 0 Å². The van der Waals surface area contributed by atoms with Crippen molar-refractivity contribution in [3.05, 3.63) is 59.2 Å². The molecule has 0 fully saturated rings. The Morgan fingerprint density at radius 3 is 2.70 bits per heavy atom. The molecule has 102 valence electrons. The Balaban J connectivity index is 2.09. The summed E-state index contributed by atoms with van der Waals surface area (Å²) in [6, 6.07) is 8.53. The molecule has 0 amide bonds. The molecule has 3 nitrogen and oxygen atoms in total. The van der Waals surface area contributed by atoms with Gasteiger partial charge in [-0.3, -0.25) is 4.79 Å². The van der Waals surface area contributed by atoms with E-state index in [9.17, 15) is 13.6 Å². The van der Waals surface area contributed by atoms with Crippen LogP contribution in [0.5, 0.6) is 5.75 Å². The molecule has 0 bridgehead atoms. The fourth-order valence-corrected chi connectivity index (χ4v) is 2.17. The number of fused-ring (bicyclic) bond motifs is 1. The summed E-state index contributed by atoms with van der Waals surface area (Å²) in [5.41, 5.74) is 0.602. The number of halogens is 2. The molecular formula is C15H11F2NO2. The average Bonchev–Trinajstić information content (AvgIpc) is 2.49. The van der Waals surface area contributed by atoms with Crippen molar-refractivity contribution in [3.63, 3.8) is 0 Å². The van der Waals surface area contributed by atoms with Crippen LogP contribution in [0.2, 0.25) is 0 Å². The lowest BCUT2D eigenvalue weighted by molar-refractivity contribution is 0.103. The first kappa shape index (κ1) is 12.6. The topological polar surface area (TPSA) is 38.3 Å². The number of para-hydroxylation sites is 1. The predicted molar refractivity (Wildman–Crippen MR) is 70.2 cm³/mol. The van der Waals surface area contributed by atoms with Gasteiger partial charge in [0.2, 0.25) is 0 Å². The van der Waals surface area contributed by atoms with Gasteiger partial charge in [0, 0.05) is 6.54 Å². The summed E-state index contributed by atoms with van der Waals surface area (Å²) in [4.78, 5) is 12.4. The third-order valence-electron chi connectivity index (χ3n) is 3.12. The van der Waals surface area contributed by atoms with Crippen LogP contribution in [-0.4, -0.2) is 18.9 Å². The molecule has 0 saturated carbocycles. The molecule has 1 heterocycles. The van der Waals surface area contributed by atoms with Crippen LogP contribution in [0.25, 0.3) is 0 Å². The Hall–Kier alpha value is -2.43. The van der Waals surface area contributed by atoms with Crippen molar-refractivity contribution in [2.45, 2.75) is 0 Å². The van der Waals surface area contributed by atoms with Gasteiger partial charge in [-0.25, -0.2) is 8.78 Å². The lowest BCUT2D eigenvalue weighted by atomic mass is 10.0. The molecule has 1 aliphatic rings. The predicted octanol–water partition coefficient (Wildman–Crippen LogP) is 3.00. The van der Waals surface area contributed by atoms with Crippen LogP contribution < -0.4 is 10.1 Å². The molecule has 3 rings (SSSR count). The molecule has 0 atom stereocenters. The number of rotatable bonds is 2. The van der Waals surface area contributed by atoms with E-state index in [0.717, 1.165) is 6.07 Å².